The number of H-pyrrole nitrogens is 1. The molecular weight excluding hydrogens is 348 g/mol. The molecule has 1 fully saturated rings. The van der Waals surface area contributed by atoms with E-state index in [1.807, 2.05) is 29.2 Å². The number of nitrogens with one attached hydrogen (secondary N) is 1. The molecule has 0 bridgehead atoms. The zero-order valence-electron chi connectivity index (χ0n) is 17.3. The van der Waals surface area contributed by atoms with Crippen LogP contribution in [0.25, 0.3) is 16.8 Å². The SMILES string of the molecule is CC/C=C\C=C(/C)c1nc[nH]c1-c1cccc(C(=O)N2CCC(N(C)C)C2)c1. The van der Waals surface area contributed by atoms with E-state index in [1.54, 1.807) is 6.33 Å². The first-order chi connectivity index (χ1) is 13.5. The lowest BCUT2D eigenvalue weighted by atomic mass is 10.0. The Morgan fingerprint density at radius 1 is 1.39 bits per heavy atom. The summed E-state index contributed by atoms with van der Waals surface area (Å²) < 4.78 is 0. The smallest absolute Gasteiger partial charge is 0.253 e. The van der Waals surface area contributed by atoms with Crippen molar-refractivity contribution in [3.8, 4) is 11.3 Å². The highest BCUT2D eigenvalue weighted by Crippen LogP contribution is 2.27. The number of carbonyl (C=O) groups is 1. The van der Waals surface area contributed by atoms with E-state index in [2.05, 4.69) is 61.0 Å². The summed E-state index contributed by atoms with van der Waals surface area (Å²) in [5.74, 6) is 0.102. The number of amides is 1. The fourth-order valence-corrected chi connectivity index (χ4v) is 3.58. The number of aromatic amines is 1. The number of aromatic nitrogens is 2. The Bertz CT molecular complexity index is 878. The van der Waals surface area contributed by atoms with Crippen molar-refractivity contribution in [3.63, 3.8) is 0 Å². The molecule has 1 amide bonds. The average Bonchev–Trinajstić information content (AvgIpc) is 3.37. The highest BCUT2D eigenvalue weighted by molar-refractivity contribution is 5.96. The van der Waals surface area contributed by atoms with Crippen LogP contribution in [0.15, 0.2) is 48.8 Å². The molecule has 1 atom stereocenters. The van der Waals surface area contributed by atoms with Gasteiger partial charge in [0.2, 0.25) is 0 Å². The van der Waals surface area contributed by atoms with Gasteiger partial charge in [-0.15, -0.1) is 0 Å². The van der Waals surface area contributed by atoms with Crippen LogP contribution in [0, 0.1) is 0 Å². The molecule has 1 aliphatic rings. The molecule has 1 unspecified atom stereocenters. The summed E-state index contributed by atoms with van der Waals surface area (Å²) in [4.78, 5) is 24.9. The highest BCUT2D eigenvalue weighted by Gasteiger charge is 2.28. The summed E-state index contributed by atoms with van der Waals surface area (Å²) in [7, 11) is 4.15. The third kappa shape index (κ3) is 4.42. The van der Waals surface area contributed by atoms with Crippen LogP contribution in [-0.4, -0.2) is 58.9 Å². The molecule has 2 aromatic rings. The van der Waals surface area contributed by atoms with Crippen molar-refractivity contribution in [3.05, 3.63) is 60.1 Å². The van der Waals surface area contributed by atoms with Crippen molar-refractivity contribution in [2.45, 2.75) is 32.7 Å². The lowest BCUT2D eigenvalue weighted by Gasteiger charge is -2.20. The van der Waals surface area contributed by atoms with Gasteiger partial charge in [0, 0.05) is 30.3 Å². The molecule has 2 heterocycles. The number of likely N-dealkylation sites (tertiary alicyclic amines) is 1. The van der Waals surface area contributed by atoms with E-state index in [0.717, 1.165) is 54.0 Å². The van der Waals surface area contributed by atoms with Crippen LogP contribution in [0.5, 0.6) is 0 Å². The second-order valence-corrected chi connectivity index (χ2v) is 7.55. The molecule has 0 saturated carbocycles. The molecule has 1 saturated heterocycles. The third-order valence-electron chi connectivity index (χ3n) is 5.31. The van der Waals surface area contributed by atoms with E-state index in [0.29, 0.717) is 6.04 Å². The molecule has 1 N–H and O–H groups in total. The topological polar surface area (TPSA) is 52.2 Å². The molecule has 0 radical (unpaired) electrons. The predicted octanol–water partition coefficient (Wildman–Crippen LogP) is 4.22. The second kappa shape index (κ2) is 9.02. The van der Waals surface area contributed by atoms with E-state index < -0.39 is 0 Å². The number of rotatable bonds is 6. The van der Waals surface area contributed by atoms with Gasteiger partial charge in [0.05, 0.1) is 17.7 Å². The summed E-state index contributed by atoms with van der Waals surface area (Å²) in [5, 5.41) is 0. The van der Waals surface area contributed by atoms with Crippen molar-refractivity contribution < 1.29 is 4.79 Å². The van der Waals surface area contributed by atoms with E-state index in [1.165, 1.54) is 0 Å². The fourth-order valence-electron chi connectivity index (χ4n) is 3.58. The van der Waals surface area contributed by atoms with Gasteiger partial charge in [-0.05, 0) is 51.6 Å². The van der Waals surface area contributed by atoms with Gasteiger partial charge < -0.3 is 14.8 Å². The van der Waals surface area contributed by atoms with Gasteiger partial charge >= 0.3 is 0 Å². The molecule has 148 valence electrons. The molecule has 0 spiro atoms. The van der Waals surface area contributed by atoms with Gasteiger partial charge in [-0.25, -0.2) is 4.98 Å². The predicted molar refractivity (Wildman–Crippen MR) is 115 cm³/mol. The first kappa shape index (κ1) is 20.1. The van der Waals surface area contributed by atoms with Crippen molar-refractivity contribution in [2.24, 2.45) is 0 Å². The maximum Gasteiger partial charge on any atom is 0.253 e. The summed E-state index contributed by atoms with van der Waals surface area (Å²) in [6.07, 6.45) is 9.99. The minimum Gasteiger partial charge on any atom is -0.344 e. The average molecular weight is 379 g/mol. The minimum atomic E-state index is 0.102. The molecule has 5 heteroatoms. The number of imidazole rings is 1. The first-order valence-electron chi connectivity index (χ1n) is 9.94. The van der Waals surface area contributed by atoms with Gasteiger partial charge in [-0.3, -0.25) is 4.79 Å². The Labute approximate surface area is 167 Å². The Morgan fingerprint density at radius 3 is 2.93 bits per heavy atom. The van der Waals surface area contributed by atoms with Crippen LogP contribution in [0.3, 0.4) is 0 Å². The zero-order valence-corrected chi connectivity index (χ0v) is 17.3. The van der Waals surface area contributed by atoms with Gasteiger partial charge in [-0.2, -0.15) is 0 Å². The van der Waals surface area contributed by atoms with E-state index >= 15 is 0 Å². The van der Waals surface area contributed by atoms with Crippen LogP contribution in [0.1, 0.15) is 42.7 Å². The zero-order chi connectivity index (χ0) is 20.1. The Kier molecular flexibility index (Phi) is 6.47. The number of allylic oxidation sites excluding steroid dienone is 4. The maximum absolute atomic E-state index is 13.0. The normalized spacial score (nSPS) is 17.8. The van der Waals surface area contributed by atoms with Gasteiger partial charge in [0.25, 0.3) is 5.91 Å². The molecule has 1 aromatic carbocycles. The molecular formula is C23H30N4O. The van der Waals surface area contributed by atoms with Gasteiger partial charge in [0.15, 0.2) is 0 Å². The van der Waals surface area contributed by atoms with Crippen LogP contribution >= 0.6 is 0 Å². The summed E-state index contributed by atoms with van der Waals surface area (Å²) in [5.41, 5.74) is 4.66. The molecule has 3 rings (SSSR count). The number of hydrogen-bond donors (Lipinski definition) is 1. The lowest BCUT2D eigenvalue weighted by Crippen LogP contribution is -2.34. The number of carbonyl (C=O) groups excluding carboxylic acids is 1. The van der Waals surface area contributed by atoms with Crippen molar-refractivity contribution in [1.29, 1.82) is 0 Å². The summed E-state index contributed by atoms with van der Waals surface area (Å²) >= 11 is 0. The number of benzene rings is 1. The summed E-state index contributed by atoms with van der Waals surface area (Å²) in [6, 6.07) is 8.28. The van der Waals surface area contributed by atoms with E-state index in [9.17, 15) is 4.79 Å². The van der Waals surface area contributed by atoms with Crippen LogP contribution in [-0.2, 0) is 0 Å². The van der Waals surface area contributed by atoms with Gasteiger partial charge in [0.1, 0.15) is 0 Å². The third-order valence-corrected chi connectivity index (χ3v) is 5.31. The quantitative estimate of drug-likeness (QED) is 0.766. The van der Waals surface area contributed by atoms with Crippen LogP contribution in [0.4, 0.5) is 0 Å². The fraction of sp³-hybridized carbons (Fsp3) is 0.391. The van der Waals surface area contributed by atoms with Crippen molar-refractivity contribution in [2.75, 3.05) is 27.2 Å². The Morgan fingerprint density at radius 2 is 2.21 bits per heavy atom. The lowest BCUT2D eigenvalue weighted by molar-refractivity contribution is 0.0783. The van der Waals surface area contributed by atoms with Crippen molar-refractivity contribution >= 4 is 11.5 Å². The van der Waals surface area contributed by atoms with E-state index in [-0.39, 0.29) is 5.91 Å². The number of likely N-dealkylation sites (N-methyl/N-ethyl adjacent to an activating group) is 1. The monoisotopic (exact) mass is 378 g/mol. The second-order valence-electron chi connectivity index (χ2n) is 7.55. The van der Waals surface area contributed by atoms with E-state index in [4.69, 9.17) is 0 Å². The summed E-state index contributed by atoms with van der Waals surface area (Å²) in [6.45, 7) is 5.77. The van der Waals surface area contributed by atoms with Crippen molar-refractivity contribution in [1.82, 2.24) is 19.8 Å². The Balaban J connectivity index is 1.83. The van der Waals surface area contributed by atoms with Crippen LogP contribution < -0.4 is 0 Å². The molecule has 1 aliphatic heterocycles. The Hall–Kier alpha value is -2.66. The minimum absolute atomic E-state index is 0.102. The first-order valence-corrected chi connectivity index (χ1v) is 9.94. The maximum atomic E-state index is 13.0. The largest absolute Gasteiger partial charge is 0.344 e. The van der Waals surface area contributed by atoms with Crippen LogP contribution in [0.2, 0.25) is 0 Å². The molecule has 0 aliphatic carbocycles. The highest BCUT2D eigenvalue weighted by atomic mass is 16.2. The van der Waals surface area contributed by atoms with Gasteiger partial charge in [-0.1, -0.05) is 37.3 Å². The molecule has 28 heavy (non-hydrogen) atoms. The molecule has 1 aromatic heterocycles. The molecule has 5 nitrogen and oxygen atoms in total. The number of hydrogen-bond acceptors (Lipinski definition) is 3. The standard InChI is InChI=1S/C23H30N4O/c1-5-6-7-9-17(2)21-22(25-16-24-21)18-10-8-11-19(14-18)23(28)27-13-12-20(15-27)26(3)4/h6-11,14,16,20H,5,12-13,15H2,1-4H3,(H,24,25)/b7-6-,17-9+. The number of nitrogens with zero attached hydrogens (tertiary/aromatic N) is 3.